The first-order valence-electron chi connectivity index (χ1n) is 9.09. The predicted octanol–water partition coefficient (Wildman–Crippen LogP) is 1.54. The van der Waals surface area contributed by atoms with Crippen LogP contribution >= 0.6 is 0 Å². The number of aromatic nitrogens is 1. The number of carbonyl (C=O) groups excluding carboxylic acids is 2. The Kier molecular flexibility index (Phi) is 6.72. The van der Waals surface area contributed by atoms with Gasteiger partial charge in [0.1, 0.15) is 18.1 Å². The molecule has 0 spiro atoms. The van der Waals surface area contributed by atoms with Crippen molar-refractivity contribution in [2.24, 2.45) is 0 Å². The van der Waals surface area contributed by atoms with Gasteiger partial charge in [0.15, 0.2) is 5.82 Å². The van der Waals surface area contributed by atoms with Crippen LogP contribution in [0.4, 0.5) is 10.2 Å². The van der Waals surface area contributed by atoms with Crippen LogP contribution in [0.15, 0.2) is 34.9 Å². The predicted molar refractivity (Wildman–Crippen MR) is 99.4 cm³/mol. The van der Waals surface area contributed by atoms with Gasteiger partial charge in [0.05, 0.1) is 13.2 Å². The van der Waals surface area contributed by atoms with Crippen LogP contribution in [0, 0.1) is 12.7 Å². The summed E-state index contributed by atoms with van der Waals surface area (Å²) in [4.78, 5) is 28.8. The van der Waals surface area contributed by atoms with Crippen LogP contribution in [0.1, 0.15) is 16.1 Å². The molecule has 1 fully saturated rings. The molecule has 1 saturated heterocycles. The summed E-state index contributed by atoms with van der Waals surface area (Å²) in [5.74, 6) is -0.454. The molecule has 2 heterocycles. The number of morpholine rings is 1. The second kappa shape index (κ2) is 9.43. The van der Waals surface area contributed by atoms with E-state index in [0.717, 1.165) is 13.1 Å². The van der Waals surface area contributed by atoms with E-state index in [9.17, 15) is 14.0 Å². The van der Waals surface area contributed by atoms with Gasteiger partial charge in [-0.25, -0.2) is 4.39 Å². The molecule has 0 aliphatic carbocycles. The van der Waals surface area contributed by atoms with Crippen molar-refractivity contribution in [1.29, 1.82) is 0 Å². The van der Waals surface area contributed by atoms with E-state index in [2.05, 4.69) is 15.4 Å². The Bertz CT molecular complexity index is 820. The molecule has 0 unspecified atom stereocenters. The Labute approximate surface area is 162 Å². The molecule has 2 aromatic rings. The lowest BCUT2D eigenvalue weighted by Crippen LogP contribution is -2.45. The molecule has 1 aliphatic heterocycles. The molecule has 8 nitrogen and oxygen atoms in total. The maximum absolute atomic E-state index is 13.5. The molecule has 2 amide bonds. The highest BCUT2D eigenvalue weighted by Gasteiger charge is 2.21. The summed E-state index contributed by atoms with van der Waals surface area (Å²) in [6, 6.07) is 7.04. The summed E-state index contributed by atoms with van der Waals surface area (Å²) in [5.41, 5.74) is 0.201. The van der Waals surface area contributed by atoms with E-state index in [1.807, 2.05) is 0 Å². The molecule has 1 aromatic heterocycles. The molecule has 3 rings (SSSR count). The summed E-state index contributed by atoms with van der Waals surface area (Å²) >= 11 is 0. The first kappa shape index (κ1) is 20.0. The zero-order chi connectivity index (χ0) is 19.9. The van der Waals surface area contributed by atoms with E-state index in [4.69, 9.17) is 9.26 Å². The summed E-state index contributed by atoms with van der Waals surface area (Å²) in [6.45, 7) is 5.30. The Morgan fingerprint density at radius 1 is 1.29 bits per heavy atom. The Morgan fingerprint density at radius 2 is 2.07 bits per heavy atom. The van der Waals surface area contributed by atoms with Crippen LogP contribution < -0.4 is 5.32 Å². The molecule has 0 bridgehead atoms. The lowest BCUT2D eigenvalue weighted by molar-refractivity contribution is -0.117. The molecule has 0 atom stereocenters. The third kappa shape index (κ3) is 5.61. The molecule has 9 heteroatoms. The summed E-state index contributed by atoms with van der Waals surface area (Å²) in [7, 11) is 0. The van der Waals surface area contributed by atoms with Crippen molar-refractivity contribution in [2.75, 3.05) is 51.3 Å². The average Bonchev–Trinajstić information content (AvgIpc) is 3.10. The van der Waals surface area contributed by atoms with Crippen LogP contribution in [0.2, 0.25) is 0 Å². The van der Waals surface area contributed by atoms with Gasteiger partial charge in [0, 0.05) is 37.8 Å². The number of aryl methyl sites for hydroxylation is 1. The van der Waals surface area contributed by atoms with Gasteiger partial charge in [-0.1, -0.05) is 11.2 Å². The number of nitrogens with zero attached hydrogens (tertiary/aromatic N) is 3. The van der Waals surface area contributed by atoms with Crippen molar-refractivity contribution in [3.63, 3.8) is 0 Å². The second-order valence-corrected chi connectivity index (χ2v) is 6.56. The summed E-state index contributed by atoms with van der Waals surface area (Å²) < 4.78 is 23.8. The monoisotopic (exact) mass is 390 g/mol. The fraction of sp³-hybridized carbons (Fsp3) is 0.421. The van der Waals surface area contributed by atoms with E-state index in [1.165, 1.54) is 29.2 Å². The fourth-order valence-electron chi connectivity index (χ4n) is 2.92. The quantitative estimate of drug-likeness (QED) is 0.772. The number of benzene rings is 1. The minimum Gasteiger partial charge on any atom is -0.379 e. The number of carbonyl (C=O) groups is 2. The van der Waals surface area contributed by atoms with Gasteiger partial charge in [-0.2, -0.15) is 0 Å². The van der Waals surface area contributed by atoms with Crippen LogP contribution in [0.25, 0.3) is 0 Å². The van der Waals surface area contributed by atoms with Crippen molar-refractivity contribution < 1.29 is 23.2 Å². The molecule has 1 N–H and O–H groups in total. The molecule has 1 aliphatic rings. The van der Waals surface area contributed by atoms with Crippen molar-refractivity contribution in [1.82, 2.24) is 15.0 Å². The topological polar surface area (TPSA) is 87.9 Å². The van der Waals surface area contributed by atoms with Gasteiger partial charge in [-0.3, -0.25) is 14.5 Å². The zero-order valence-corrected chi connectivity index (χ0v) is 15.7. The number of rotatable bonds is 7. The van der Waals surface area contributed by atoms with Crippen molar-refractivity contribution in [3.8, 4) is 0 Å². The molecule has 0 saturated carbocycles. The van der Waals surface area contributed by atoms with Gasteiger partial charge < -0.3 is 19.5 Å². The molecule has 1 aromatic carbocycles. The number of ether oxygens (including phenoxy) is 1. The zero-order valence-electron chi connectivity index (χ0n) is 15.7. The minimum atomic E-state index is -0.499. The fourth-order valence-corrected chi connectivity index (χ4v) is 2.92. The smallest absolute Gasteiger partial charge is 0.254 e. The summed E-state index contributed by atoms with van der Waals surface area (Å²) in [5, 5.41) is 6.32. The van der Waals surface area contributed by atoms with E-state index < -0.39 is 17.6 Å². The number of halogens is 1. The number of anilines is 1. The molecule has 28 heavy (non-hydrogen) atoms. The normalized spacial score (nSPS) is 14.6. The van der Waals surface area contributed by atoms with Crippen LogP contribution in [0.3, 0.4) is 0 Å². The minimum absolute atomic E-state index is 0.175. The number of nitrogens with one attached hydrogen (secondary N) is 1. The van der Waals surface area contributed by atoms with Gasteiger partial charge in [0.25, 0.3) is 5.91 Å². The standard InChI is InChI=1S/C19H23FN4O4/c1-14-11-17(22-28-14)21-18(25)13-24(6-5-23-7-9-27-10-8-23)19(26)15-3-2-4-16(20)12-15/h2-4,11-12H,5-10,13H2,1H3,(H,21,22,25). The lowest BCUT2D eigenvalue weighted by Gasteiger charge is -2.30. The number of hydrogen-bond acceptors (Lipinski definition) is 6. The van der Waals surface area contributed by atoms with Crippen molar-refractivity contribution in [3.05, 3.63) is 47.5 Å². The van der Waals surface area contributed by atoms with E-state index in [1.54, 1.807) is 13.0 Å². The van der Waals surface area contributed by atoms with E-state index in [0.29, 0.717) is 32.1 Å². The largest absolute Gasteiger partial charge is 0.379 e. The Balaban J connectivity index is 1.67. The SMILES string of the molecule is Cc1cc(NC(=O)CN(CCN2CCOCC2)C(=O)c2cccc(F)c2)no1. The lowest BCUT2D eigenvalue weighted by atomic mass is 10.2. The van der Waals surface area contributed by atoms with E-state index >= 15 is 0 Å². The van der Waals surface area contributed by atoms with Gasteiger partial charge in [-0.05, 0) is 25.1 Å². The van der Waals surface area contributed by atoms with Crippen molar-refractivity contribution in [2.45, 2.75) is 6.92 Å². The first-order chi connectivity index (χ1) is 13.5. The summed E-state index contributed by atoms with van der Waals surface area (Å²) in [6.07, 6.45) is 0. The average molecular weight is 390 g/mol. The van der Waals surface area contributed by atoms with E-state index in [-0.39, 0.29) is 17.9 Å². The van der Waals surface area contributed by atoms with Crippen LogP contribution in [-0.4, -0.2) is 72.7 Å². The maximum atomic E-state index is 13.5. The molecule has 0 radical (unpaired) electrons. The number of amides is 2. The maximum Gasteiger partial charge on any atom is 0.254 e. The highest BCUT2D eigenvalue weighted by molar-refractivity contribution is 5.99. The van der Waals surface area contributed by atoms with Crippen LogP contribution in [-0.2, 0) is 9.53 Å². The van der Waals surface area contributed by atoms with Gasteiger partial charge >= 0.3 is 0 Å². The third-order valence-corrected chi connectivity index (χ3v) is 4.38. The molecular formula is C19H23FN4O4. The van der Waals surface area contributed by atoms with Gasteiger partial charge in [0.2, 0.25) is 5.91 Å². The highest BCUT2D eigenvalue weighted by Crippen LogP contribution is 2.10. The second-order valence-electron chi connectivity index (χ2n) is 6.56. The third-order valence-electron chi connectivity index (χ3n) is 4.38. The van der Waals surface area contributed by atoms with Gasteiger partial charge in [-0.15, -0.1) is 0 Å². The highest BCUT2D eigenvalue weighted by atomic mass is 19.1. The number of hydrogen-bond donors (Lipinski definition) is 1. The Morgan fingerprint density at radius 3 is 2.75 bits per heavy atom. The molecular weight excluding hydrogens is 367 g/mol. The van der Waals surface area contributed by atoms with Crippen LogP contribution in [0.5, 0.6) is 0 Å². The molecule has 150 valence electrons. The van der Waals surface area contributed by atoms with Crippen molar-refractivity contribution >= 4 is 17.6 Å². The first-order valence-corrected chi connectivity index (χ1v) is 9.09. The Hall–Kier alpha value is -2.78.